The summed E-state index contributed by atoms with van der Waals surface area (Å²) < 4.78 is 39.9. The second kappa shape index (κ2) is 7.71. The first kappa shape index (κ1) is 18.3. The van der Waals surface area contributed by atoms with Crippen molar-refractivity contribution in [3.8, 4) is 0 Å². The van der Waals surface area contributed by atoms with Crippen LogP contribution in [0.3, 0.4) is 0 Å². The number of benzene rings is 2. The Bertz CT molecular complexity index is 858. The van der Waals surface area contributed by atoms with E-state index in [4.69, 9.17) is 16.7 Å². The van der Waals surface area contributed by atoms with Gasteiger partial charge in [0.15, 0.2) is 0 Å². The third kappa shape index (κ3) is 4.30. The van der Waals surface area contributed by atoms with Gasteiger partial charge in [-0.2, -0.15) is 0 Å². The van der Waals surface area contributed by atoms with Crippen molar-refractivity contribution in [1.82, 2.24) is 4.72 Å². The zero-order valence-electron chi connectivity index (χ0n) is 12.3. The third-order valence-electron chi connectivity index (χ3n) is 3.02. The van der Waals surface area contributed by atoms with E-state index < -0.39 is 21.7 Å². The van der Waals surface area contributed by atoms with Crippen molar-refractivity contribution in [3.05, 3.63) is 58.9 Å². The lowest BCUT2D eigenvalue weighted by Crippen LogP contribution is -2.26. The maximum absolute atomic E-state index is 14.1. The van der Waals surface area contributed by atoms with E-state index in [9.17, 15) is 17.6 Å². The van der Waals surface area contributed by atoms with Crippen LogP contribution in [0.4, 0.5) is 10.1 Å². The quantitative estimate of drug-likeness (QED) is 0.722. The Morgan fingerprint density at radius 1 is 1.21 bits per heavy atom. The predicted molar refractivity (Wildman–Crippen MR) is 88.1 cm³/mol. The summed E-state index contributed by atoms with van der Waals surface area (Å²) in [6.07, 6.45) is 0. The number of halogens is 2. The highest BCUT2D eigenvalue weighted by atomic mass is 35.5. The fourth-order valence-electron chi connectivity index (χ4n) is 1.86. The normalized spacial score (nSPS) is 11.3. The molecule has 0 aliphatic rings. The minimum Gasteiger partial charge on any atom is -0.395 e. The first-order chi connectivity index (χ1) is 11.3. The number of rotatable bonds is 6. The lowest BCUT2D eigenvalue weighted by Gasteiger charge is -2.10. The maximum Gasteiger partial charge on any atom is 0.257 e. The summed E-state index contributed by atoms with van der Waals surface area (Å²) in [6, 6.07) is 9.32. The first-order valence-electron chi connectivity index (χ1n) is 6.81. The van der Waals surface area contributed by atoms with Gasteiger partial charge in [0.25, 0.3) is 5.91 Å². The van der Waals surface area contributed by atoms with Crippen molar-refractivity contribution in [3.63, 3.8) is 0 Å². The maximum atomic E-state index is 14.1. The van der Waals surface area contributed by atoms with Gasteiger partial charge in [0.1, 0.15) is 5.82 Å². The summed E-state index contributed by atoms with van der Waals surface area (Å²) in [4.78, 5) is 11.8. The van der Waals surface area contributed by atoms with Crippen molar-refractivity contribution in [1.29, 1.82) is 0 Å². The molecule has 0 radical (unpaired) electrons. The zero-order valence-corrected chi connectivity index (χ0v) is 13.9. The Hall–Kier alpha value is -2.00. The molecule has 0 saturated carbocycles. The van der Waals surface area contributed by atoms with E-state index in [1.807, 2.05) is 0 Å². The number of anilines is 1. The van der Waals surface area contributed by atoms with Crippen LogP contribution in [-0.4, -0.2) is 32.6 Å². The molecule has 2 aromatic carbocycles. The highest BCUT2D eigenvalue weighted by Crippen LogP contribution is 2.21. The molecule has 3 N–H and O–H groups in total. The molecule has 0 unspecified atom stereocenters. The Morgan fingerprint density at radius 3 is 2.54 bits per heavy atom. The summed E-state index contributed by atoms with van der Waals surface area (Å²) in [5.41, 5.74) is -0.0131. The number of amides is 1. The number of sulfonamides is 1. The van der Waals surface area contributed by atoms with Gasteiger partial charge in [-0.25, -0.2) is 17.5 Å². The number of aliphatic hydroxyl groups excluding tert-OH is 1. The molecule has 0 aromatic heterocycles. The molecule has 1 amide bonds. The van der Waals surface area contributed by atoms with Crippen LogP contribution in [0.15, 0.2) is 47.4 Å². The van der Waals surface area contributed by atoms with Gasteiger partial charge < -0.3 is 10.4 Å². The smallest absolute Gasteiger partial charge is 0.257 e. The van der Waals surface area contributed by atoms with Crippen molar-refractivity contribution in [2.75, 3.05) is 18.5 Å². The van der Waals surface area contributed by atoms with Crippen LogP contribution in [0.25, 0.3) is 0 Å². The SMILES string of the molecule is O=C(Nc1ccc(S(=O)(=O)NCCO)cc1F)c1ccccc1Cl. The first-order valence-corrected chi connectivity index (χ1v) is 8.67. The summed E-state index contributed by atoms with van der Waals surface area (Å²) >= 11 is 5.90. The Morgan fingerprint density at radius 2 is 1.92 bits per heavy atom. The molecule has 0 bridgehead atoms. The number of nitrogens with one attached hydrogen (secondary N) is 2. The molecule has 0 saturated heterocycles. The highest BCUT2D eigenvalue weighted by molar-refractivity contribution is 7.89. The molecule has 2 rings (SSSR count). The van der Waals surface area contributed by atoms with Gasteiger partial charge in [0.05, 0.1) is 27.8 Å². The average molecular weight is 373 g/mol. The van der Waals surface area contributed by atoms with Gasteiger partial charge in [-0.05, 0) is 30.3 Å². The fraction of sp³-hybridized carbons (Fsp3) is 0.133. The van der Waals surface area contributed by atoms with Gasteiger partial charge in [-0.3, -0.25) is 4.79 Å². The second-order valence-corrected chi connectivity index (χ2v) is 6.87. The Balaban J connectivity index is 2.22. The molecule has 6 nitrogen and oxygen atoms in total. The molecule has 2 aromatic rings. The molecule has 0 aliphatic heterocycles. The number of hydrogen-bond donors (Lipinski definition) is 3. The van der Waals surface area contributed by atoms with E-state index in [1.54, 1.807) is 12.1 Å². The zero-order chi connectivity index (χ0) is 17.7. The molecule has 24 heavy (non-hydrogen) atoms. The van der Waals surface area contributed by atoms with E-state index in [-0.39, 0.29) is 34.3 Å². The van der Waals surface area contributed by atoms with Gasteiger partial charge >= 0.3 is 0 Å². The number of hydrogen-bond acceptors (Lipinski definition) is 4. The topological polar surface area (TPSA) is 95.5 Å². The van der Waals surface area contributed by atoms with Crippen LogP contribution in [0, 0.1) is 5.82 Å². The van der Waals surface area contributed by atoms with Crippen molar-refractivity contribution in [2.45, 2.75) is 4.90 Å². The minimum absolute atomic E-state index is 0.167. The molecular weight excluding hydrogens is 359 g/mol. The molecule has 0 aliphatic carbocycles. The van der Waals surface area contributed by atoms with Crippen molar-refractivity contribution < 1.29 is 22.7 Å². The highest BCUT2D eigenvalue weighted by Gasteiger charge is 2.17. The van der Waals surface area contributed by atoms with E-state index in [0.29, 0.717) is 0 Å². The monoisotopic (exact) mass is 372 g/mol. The molecule has 0 atom stereocenters. The van der Waals surface area contributed by atoms with Gasteiger partial charge in [0.2, 0.25) is 10.0 Å². The molecule has 0 spiro atoms. The van der Waals surface area contributed by atoms with Crippen LogP contribution < -0.4 is 10.0 Å². The van der Waals surface area contributed by atoms with E-state index in [2.05, 4.69) is 10.0 Å². The molecule has 128 valence electrons. The summed E-state index contributed by atoms with van der Waals surface area (Å²) in [6.45, 7) is -0.567. The van der Waals surface area contributed by atoms with Crippen molar-refractivity contribution >= 4 is 33.2 Å². The number of aliphatic hydroxyl groups is 1. The van der Waals surface area contributed by atoms with Crippen molar-refractivity contribution in [2.24, 2.45) is 0 Å². The third-order valence-corrected chi connectivity index (χ3v) is 4.81. The Labute approximate surface area is 143 Å². The fourth-order valence-corrected chi connectivity index (χ4v) is 3.12. The van der Waals surface area contributed by atoms with Gasteiger partial charge in [-0.1, -0.05) is 23.7 Å². The van der Waals surface area contributed by atoms with Crippen LogP contribution >= 0.6 is 11.6 Å². The molecule has 0 fully saturated rings. The molecule has 0 heterocycles. The number of carbonyl (C=O) groups is 1. The summed E-state index contributed by atoms with van der Waals surface area (Å²) in [5.74, 6) is -1.53. The van der Waals surface area contributed by atoms with Crippen LogP contribution in [0.2, 0.25) is 5.02 Å². The standard InChI is InChI=1S/C15H14ClFN2O4S/c16-12-4-2-1-3-11(12)15(21)19-14-6-5-10(9-13(14)17)24(22,23)18-7-8-20/h1-6,9,18,20H,7-8H2,(H,19,21). The van der Waals surface area contributed by atoms with E-state index >= 15 is 0 Å². The minimum atomic E-state index is -3.93. The largest absolute Gasteiger partial charge is 0.395 e. The molecule has 9 heteroatoms. The van der Waals surface area contributed by atoms with Gasteiger partial charge in [0, 0.05) is 6.54 Å². The lowest BCUT2D eigenvalue weighted by molar-refractivity contribution is 0.102. The second-order valence-electron chi connectivity index (χ2n) is 4.70. The van der Waals surface area contributed by atoms with Crippen LogP contribution in [0.1, 0.15) is 10.4 Å². The van der Waals surface area contributed by atoms with E-state index in [0.717, 1.165) is 18.2 Å². The summed E-state index contributed by atoms with van der Waals surface area (Å²) in [7, 11) is -3.93. The van der Waals surface area contributed by atoms with Crippen LogP contribution in [-0.2, 0) is 10.0 Å². The Kier molecular flexibility index (Phi) is 5.89. The van der Waals surface area contributed by atoms with Crippen LogP contribution in [0.5, 0.6) is 0 Å². The predicted octanol–water partition coefficient (Wildman–Crippen LogP) is 2.00. The average Bonchev–Trinajstić information content (AvgIpc) is 2.55. The molecular formula is C15H14ClFN2O4S. The lowest BCUT2D eigenvalue weighted by atomic mass is 10.2. The van der Waals surface area contributed by atoms with Gasteiger partial charge in [-0.15, -0.1) is 0 Å². The van der Waals surface area contributed by atoms with E-state index in [1.165, 1.54) is 12.1 Å². The number of carbonyl (C=O) groups excluding carboxylic acids is 1. The summed E-state index contributed by atoms with van der Waals surface area (Å²) in [5, 5.41) is 11.2.